The highest BCUT2D eigenvalue weighted by molar-refractivity contribution is 6.05. The topological polar surface area (TPSA) is 92.0 Å². The Morgan fingerprint density at radius 1 is 1.03 bits per heavy atom. The maximum Gasteiger partial charge on any atom is 0.352 e. The summed E-state index contributed by atoms with van der Waals surface area (Å²) in [6.45, 7) is 1.89. The van der Waals surface area contributed by atoms with E-state index in [-0.39, 0.29) is 16.6 Å². The molecule has 3 aromatic rings. The highest BCUT2D eigenvalue weighted by Gasteiger charge is 2.36. The molecule has 7 heteroatoms. The Bertz CT molecular complexity index is 1270. The van der Waals surface area contributed by atoms with Crippen LogP contribution in [-0.2, 0) is 25.5 Å². The molecule has 0 saturated carbocycles. The molecule has 4 rings (SSSR count). The smallest absolute Gasteiger partial charge is 0.352 e. The maximum atomic E-state index is 13.2. The van der Waals surface area contributed by atoms with Gasteiger partial charge in [-0.2, -0.15) is 0 Å². The third-order valence-electron chi connectivity index (χ3n) is 5.21. The molecular weight excluding hydrogens is 400 g/mol. The molecule has 0 aliphatic carbocycles. The molecule has 0 bridgehead atoms. The molecule has 0 fully saturated rings. The second-order valence-corrected chi connectivity index (χ2v) is 6.92. The number of methoxy groups -OCH3 is 2. The van der Waals surface area contributed by atoms with Crippen LogP contribution in [-0.4, -0.2) is 32.3 Å². The first-order chi connectivity index (χ1) is 15.0. The number of carbonyl (C=O) groups excluding carboxylic acids is 2. The number of esters is 2. The molecule has 1 aliphatic rings. The summed E-state index contributed by atoms with van der Waals surface area (Å²) in [6.07, 6.45) is 0.666. The third-order valence-corrected chi connectivity index (χ3v) is 5.21. The highest BCUT2D eigenvalue weighted by atomic mass is 16.6. The van der Waals surface area contributed by atoms with Crippen LogP contribution in [0.5, 0.6) is 5.75 Å². The van der Waals surface area contributed by atoms with E-state index in [0.717, 1.165) is 5.56 Å². The van der Waals surface area contributed by atoms with Crippen molar-refractivity contribution in [2.45, 2.75) is 19.4 Å². The standard InChI is InChI=1S/C24H20O7/c1-4-14-19(25)15-10-11-18-16(21(15)31-20(14)13-8-6-5-7-9-13)12-17(23(26)28-2)22(30-18)24(27)29-3/h5-12,22H,4H2,1-3H3. The summed E-state index contributed by atoms with van der Waals surface area (Å²) < 4.78 is 21.6. The van der Waals surface area contributed by atoms with Gasteiger partial charge in [-0.3, -0.25) is 4.79 Å². The Kier molecular flexibility index (Phi) is 5.33. The number of fused-ring (bicyclic) bond motifs is 3. The van der Waals surface area contributed by atoms with Crippen molar-refractivity contribution in [3.8, 4) is 17.1 Å². The predicted octanol–water partition coefficient (Wildman–Crippen LogP) is 3.51. The van der Waals surface area contributed by atoms with E-state index in [0.29, 0.717) is 34.4 Å². The molecule has 0 amide bonds. The molecule has 0 N–H and O–H groups in total. The van der Waals surface area contributed by atoms with Gasteiger partial charge in [-0.05, 0) is 24.6 Å². The Hall–Kier alpha value is -3.87. The quantitative estimate of drug-likeness (QED) is 0.597. The lowest BCUT2D eigenvalue weighted by Crippen LogP contribution is -2.36. The first-order valence-electron chi connectivity index (χ1n) is 9.72. The Morgan fingerprint density at radius 2 is 1.77 bits per heavy atom. The van der Waals surface area contributed by atoms with Crippen LogP contribution in [0.25, 0.3) is 28.4 Å². The zero-order valence-electron chi connectivity index (χ0n) is 17.3. The molecule has 0 saturated heterocycles. The van der Waals surface area contributed by atoms with Gasteiger partial charge in [0.05, 0.1) is 30.7 Å². The van der Waals surface area contributed by atoms with Crippen LogP contribution in [0.4, 0.5) is 0 Å². The fourth-order valence-electron chi connectivity index (χ4n) is 3.67. The molecule has 2 aromatic carbocycles. The van der Waals surface area contributed by atoms with Gasteiger partial charge in [-0.1, -0.05) is 37.3 Å². The average molecular weight is 420 g/mol. The van der Waals surface area contributed by atoms with Crippen LogP contribution in [0.2, 0.25) is 0 Å². The zero-order chi connectivity index (χ0) is 22.1. The van der Waals surface area contributed by atoms with Crippen molar-refractivity contribution in [2.24, 2.45) is 0 Å². The van der Waals surface area contributed by atoms with E-state index < -0.39 is 18.0 Å². The summed E-state index contributed by atoms with van der Waals surface area (Å²) in [5.41, 5.74) is 1.77. The number of ether oxygens (including phenoxy) is 3. The number of hydrogen-bond donors (Lipinski definition) is 0. The third kappa shape index (κ3) is 3.38. The fourth-order valence-corrected chi connectivity index (χ4v) is 3.67. The van der Waals surface area contributed by atoms with Crippen LogP contribution in [0.3, 0.4) is 0 Å². The van der Waals surface area contributed by atoms with Gasteiger partial charge in [0.15, 0.2) is 5.43 Å². The lowest BCUT2D eigenvalue weighted by molar-refractivity contribution is -0.150. The van der Waals surface area contributed by atoms with Gasteiger partial charge in [-0.15, -0.1) is 0 Å². The molecule has 158 valence electrons. The number of hydrogen-bond acceptors (Lipinski definition) is 7. The molecular formula is C24H20O7. The SMILES string of the molecule is CCc1c(-c2ccccc2)oc2c3c(ccc2c1=O)OC(C(=O)OC)C(C(=O)OC)=C3. The molecule has 1 atom stereocenters. The Labute approximate surface area is 177 Å². The monoisotopic (exact) mass is 420 g/mol. The molecule has 1 unspecified atom stereocenters. The van der Waals surface area contributed by atoms with Gasteiger partial charge in [0.2, 0.25) is 6.10 Å². The van der Waals surface area contributed by atoms with E-state index in [9.17, 15) is 14.4 Å². The van der Waals surface area contributed by atoms with Crippen molar-refractivity contribution >= 4 is 29.0 Å². The summed E-state index contributed by atoms with van der Waals surface area (Å²) in [7, 11) is 2.41. The van der Waals surface area contributed by atoms with Crippen molar-refractivity contribution in [1.29, 1.82) is 0 Å². The minimum Gasteiger partial charge on any atom is -0.473 e. The largest absolute Gasteiger partial charge is 0.473 e. The highest BCUT2D eigenvalue weighted by Crippen LogP contribution is 2.37. The van der Waals surface area contributed by atoms with Crippen LogP contribution in [0.15, 0.2) is 57.2 Å². The lowest BCUT2D eigenvalue weighted by Gasteiger charge is -2.24. The summed E-state index contributed by atoms with van der Waals surface area (Å²) in [4.78, 5) is 37.7. The number of benzene rings is 2. The van der Waals surface area contributed by atoms with Crippen LogP contribution >= 0.6 is 0 Å². The van der Waals surface area contributed by atoms with E-state index in [1.807, 2.05) is 37.3 Å². The lowest BCUT2D eigenvalue weighted by atomic mass is 9.97. The maximum absolute atomic E-state index is 13.2. The Balaban J connectivity index is 2.03. The van der Waals surface area contributed by atoms with Gasteiger partial charge in [0.25, 0.3) is 0 Å². The first-order valence-corrected chi connectivity index (χ1v) is 9.72. The van der Waals surface area contributed by atoms with Gasteiger partial charge < -0.3 is 18.6 Å². The number of rotatable bonds is 4. The summed E-state index contributed by atoms with van der Waals surface area (Å²) in [6, 6.07) is 12.5. The first kappa shape index (κ1) is 20.4. The van der Waals surface area contributed by atoms with E-state index in [2.05, 4.69) is 0 Å². The molecule has 31 heavy (non-hydrogen) atoms. The van der Waals surface area contributed by atoms with Gasteiger partial charge in [-0.25, -0.2) is 9.59 Å². The van der Waals surface area contributed by atoms with Crippen molar-refractivity contribution in [1.82, 2.24) is 0 Å². The minimum absolute atomic E-state index is 0.0437. The van der Waals surface area contributed by atoms with Crippen LogP contribution in [0.1, 0.15) is 18.1 Å². The normalized spacial score (nSPS) is 14.9. The number of carbonyl (C=O) groups is 2. The second-order valence-electron chi connectivity index (χ2n) is 6.92. The van der Waals surface area contributed by atoms with E-state index in [4.69, 9.17) is 18.6 Å². The van der Waals surface area contributed by atoms with Gasteiger partial charge >= 0.3 is 11.9 Å². The van der Waals surface area contributed by atoms with Gasteiger partial charge in [0, 0.05) is 11.1 Å². The summed E-state index contributed by atoms with van der Waals surface area (Å²) >= 11 is 0. The molecule has 2 heterocycles. The van der Waals surface area contributed by atoms with Crippen molar-refractivity contribution in [3.63, 3.8) is 0 Å². The fraction of sp³-hybridized carbons (Fsp3) is 0.208. The second kappa shape index (κ2) is 8.10. The molecule has 1 aliphatic heterocycles. The van der Waals surface area contributed by atoms with E-state index in [1.165, 1.54) is 20.3 Å². The van der Waals surface area contributed by atoms with E-state index in [1.54, 1.807) is 12.1 Å². The van der Waals surface area contributed by atoms with Crippen molar-refractivity contribution in [3.05, 3.63) is 69.4 Å². The summed E-state index contributed by atoms with van der Waals surface area (Å²) in [5.74, 6) is -0.733. The summed E-state index contributed by atoms with van der Waals surface area (Å²) in [5, 5.41) is 0.357. The predicted molar refractivity (Wildman–Crippen MR) is 114 cm³/mol. The average Bonchev–Trinajstić information content (AvgIpc) is 2.82. The van der Waals surface area contributed by atoms with Crippen molar-refractivity contribution in [2.75, 3.05) is 14.2 Å². The van der Waals surface area contributed by atoms with Crippen LogP contribution < -0.4 is 10.2 Å². The molecule has 7 nitrogen and oxygen atoms in total. The van der Waals surface area contributed by atoms with Crippen LogP contribution in [0, 0.1) is 0 Å². The minimum atomic E-state index is -1.28. The molecule has 1 aromatic heterocycles. The molecule has 0 radical (unpaired) electrons. The zero-order valence-corrected chi connectivity index (χ0v) is 17.3. The van der Waals surface area contributed by atoms with Gasteiger partial charge in [0.1, 0.15) is 17.1 Å². The van der Waals surface area contributed by atoms with E-state index >= 15 is 0 Å². The Morgan fingerprint density at radius 3 is 2.42 bits per heavy atom. The molecule has 0 spiro atoms. The van der Waals surface area contributed by atoms with Crippen molar-refractivity contribution < 1.29 is 28.2 Å².